The summed E-state index contributed by atoms with van der Waals surface area (Å²) in [6, 6.07) is 11.1. The molecule has 4 rings (SSSR count). The van der Waals surface area contributed by atoms with E-state index in [1.807, 2.05) is 31.3 Å². The summed E-state index contributed by atoms with van der Waals surface area (Å²) in [7, 11) is 1.72. The average Bonchev–Trinajstić information content (AvgIpc) is 2.83. The zero-order chi connectivity index (χ0) is 24.3. The van der Waals surface area contributed by atoms with Crippen molar-refractivity contribution in [3.8, 4) is 11.1 Å². The van der Waals surface area contributed by atoms with Crippen LogP contribution in [0.25, 0.3) is 11.1 Å². The third kappa shape index (κ3) is 5.25. The van der Waals surface area contributed by atoms with Gasteiger partial charge in [0.05, 0.1) is 23.7 Å². The van der Waals surface area contributed by atoms with Crippen LogP contribution in [0.4, 0.5) is 15.8 Å². The van der Waals surface area contributed by atoms with Crippen molar-refractivity contribution in [1.29, 1.82) is 0 Å². The quantitative estimate of drug-likeness (QED) is 0.516. The molecule has 0 atom stereocenters. The molecule has 178 valence electrons. The Bertz CT molecular complexity index is 1190. The largest absolute Gasteiger partial charge is 0.383 e. The number of amides is 1. The Balaban J connectivity index is 1.60. The maximum atomic E-state index is 14.3. The van der Waals surface area contributed by atoms with Crippen LogP contribution < -0.4 is 10.2 Å². The van der Waals surface area contributed by atoms with Gasteiger partial charge in [0.25, 0.3) is 5.91 Å². The minimum atomic E-state index is -1.62. The molecule has 0 aliphatic carbocycles. The number of methoxy groups -OCH3 is 1. The van der Waals surface area contributed by atoms with Crippen LogP contribution in [0.15, 0.2) is 48.8 Å². The third-order valence-corrected chi connectivity index (χ3v) is 6.13. The van der Waals surface area contributed by atoms with Crippen LogP contribution in [0.3, 0.4) is 0 Å². The summed E-state index contributed by atoms with van der Waals surface area (Å²) >= 11 is 0. The van der Waals surface area contributed by atoms with Gasteiger partial charge in [-0.05, 0) is 75.1 Å². The highest BCUT2D eigenvalue weighted by atomic mass is 19.1. The van der Waals surface area contributed by atoms with Crippen LogP contribution in [-0.4, -0.2) is 42.7 Å². The topological polar surface area (TPSA) is 67.3 Å². The number of benzene rings is 1. The molecule has 1 amide bonds. The molecule has 0 spiro atoms. The van der Waals surface area contributed by atoms with Gasteiger partial charge < -0.3 is 15.0 Å². The number of hydrogen-bond acceptors (Lipinski definition) is 5. The summed E-state index contributed by atoms with van der Waals surface area (Å²) in [5.74, 6) is -0.308. The molecular weight excluding hydrogens is 431 g/mol. The summed E-state index contributed by atoms with van der Waals surface area (Å²) in [5.41, 5.74) is 4.98. The van der Waals surface area contributed by atoms with Gasteiger partial charge in [-0.25, -0.2) is 4.39 Å². The summed E-state index contributed by atoms with van der Waals surface area (Å²) in [6.07, 6.45) is 5.42. The van der Waals surface area contributed by atoms with Crippen molar-refractivity contribution in [2.75, 3.05) is 37.0 Å². The Morgan fingerprint density at radius 2 is 2.03 bits per heavy atom. The average molecular weight is 463 g/mol. The molecule has 7 heteroatoms. The molecule has 0 radical (unpaired) electrons. The molecule has 3 aromatic rings. The lowest BCUT2D eigenvalue weighted by Crippen LogP contribution is -2.32. The molecule has 1 N–H and O–H groups in total. The van der Waals surface area contributed by atoms with E-state index in [0.29, 0.717) is 17.9 Å². The van der Waals surface area contributed by atoms with Gasteiger partial charge in [0.15, 0.2) is 0 Å². The van der Waals surface area contributed by atoms with Crippen LogP contribution in [0.5, 0.6) is 0 Å². The SMILES string of the molecule is COCCN1CCCc2ncc(-c3cc(NC(=O)c4ccnc(C(C)(C)F)c4)ccc3C)cc21. The summed E-state index contributed by atoms with van der Waals surface area (Å²) in [4.78, 5) is 24.0. The molecule has 0 saturated carbocycles. The molecule has 1 aliphatic rings. The predicted octanol–water partition coefficient (Wildman–Crippen LogP) is 5.31. The molecule has 34 heavy (non-hydrogen) atoms. The fourth-order valence-electron chi connectivity index (χ4n) is 4.20. The number of hydrogen-bond donors (Lipinski definition) is 1. The Hall–Kier alpha value is -3.32. The van der Waals surface area contributed by atoms with Crippen molar-refractivity contribution >= 4 is 17.3 Å². The number of alkyl halides is 1. The standard InChI is InChI=1S/C27H31FN4O2/c1-18-7-8-21(31-26(33)19-9-10-29-25(15-19)27(2,3)28)16-22(18)20-14-24-23(30-17-20)6-5-11-32(24)12-13-34-4/h7-10,14-17H,5-6,11-13H2,1-4H3,(H,31,33). The molecule has 0 unspecified atom stereocenters. The van der Waals surface area contributed by atoms with E-state index in [-0.39, 0.29) is 11.6 Å². The number of pyridine rings is 2. The van der Waals surface area contributed by atoms with Gasteiger partial charge in [-0.2, -0.15) is 0 Å². The zero-order valence-corrected chi connectivity index (χ0v) is 20.2. The van der Waals surface area contributed by atoms with E-state index < -0.39 is 5.67 Å². The van der Waals surface area contributed by atoms with Crippen molar-refractivity contribution in [3.63, 3.8) is 0 Å². The Labute approximate surface area is 200 Å². The molecular formula is C27H31FN4O2. The number of fused-ring (bicyclic) bond motifs is 1. The highest BCUT2D eigenvalue weighted by Crippen LogP contribution is 2.33. The van der Waals surface area contributed by atoms with E-state index in [0.717, 1.165) is 54.0 Å². The fourth-order valence-corrected chi connectivity index (χ4v) is 4.20. The Morgan fingerprint density at radius 3 is 2.79 bits per heavy atom. The van der Waals surface area contributed by atoms with Crippen LogP contribution >= 0.6 is 0 Å². The first-order valence-electron chi connectivity index (χ1n) is 11.6. The summed E-state index contributed by atoms with van der Waals surface area (Å²) in [5, 5.41) is 2.94. The van der Waals surface area contributed by atoms with Gasteiger partial charge in [-0.1, -0.05) is 6.07 Å². The van der Waals surface area contributed by atoms with E-state index in [1.165, 1.54) is 26.1 Å². The van der Waals surface area contributed by atoms with Crippen molar-refractivity contribution in [1.82, 2.24) is 9.97 Å². The highest BCUT2D eigenvalue weighted by molar-refractivity contribution is 6.04. The van der Waals surface area contributed by atoms with Gasteiger partial charge in [0, 0.05) is 49.4 Å². The second-order valence-electron chi connectivity index (χ2n) is 9.16. The molecule has 0 fully saturated rings. The van der Waals surface area contributed by atoms with Gasteiger partial charge in [-0.15, -0.1) is 0 Å². The lowest BCUT2D eigenvalue weighted by atomic mass is 9.98. The lowest BCUT2D eigenvalue weighted by molar-refractivity contribution is 0.102. The molecule has 0 bridgehead atoms. The van der Waals surface area contributed by atoms with Gasteiger partial charge in [-0.3, -0.25) is 14.8 Å². The molecule has 1 aromatic carbocycles. The van der Waals surface area contributed by atoms with Crippen molar-refractivity contribution in [2.45, 2.75) is 39.3 Å². The van der Waals surface area contributed by atoms with Crippen LogP contribution in [0, 0.1) is 6.92 Å². The monoisotopic (exact) mass is 462 g/mol. The number of nitrogens with zero attached hydrogens (tertiary/aromatic N) is 3. The number of carbonyl (C=O) groups is 1. The maximum absolute atomic E-state index is 14.3. The first-order chi connectivity index (χ1) is 16.3. The van der Waals surface area contributed by atoms with Gasteiger partial charge in [0.1, 0.15) is 5.67 Å². The number of nitrogens with one attached hydrogen (secondary N) is 1. The Morgan fingerprint density at radius 1 is 1.21 bits per heavy atom. The van der Waals surface area contributed by atoms with E-state index in [9.17, 15) is 9.18 Å². The summed E-state index contributed by atoms with van der Waals surface area (Å²) < 4.78 is 19.6. The van der Waals surface area contributed by atoms with Crippen molar-refractivity contribution in [3.05, 3.63) is 71.3 Å². The maximum Gasteiger partial charge on any atom is 0.255 e. The van der Waals surface area contributed by atoms with Crippen LogP contribution in [0.1, 0.15) is 47.6 Å². The third-order valence-electron chi connectivity index (χ3n) is 6.13. The first kappa shape index (κ1) is 23.8. The molecule has 6 nitrogen and oxygen atoms in total. The minimum Gasteiger partial charge on any atom is -0.383 e. The number of carbonyl (C=O) groups excluding carboxylic acids is 1. The smallest absolute Gasteiger partial charge is 0.255 e. The molecule has 2 aromatic heterocycles. The first-order valence-corrected chi connectivity index (χ1v) is 11.6. The van der Waals surface area contributed by atoms with E-state index in [1.54, 1.807) is 13.2 Å². The normalized spacial score (nSPS) is 13.5. The van der Waals surface area contributed by atoms with Crippen molar-refractivity contribution < 1.29 is 13.9 Å². The number of anilines is 2. The molecule has 1 aliphatic heterocycles. The predicted molar refractivity (Wildman–Crippen MR) is 133 cm³/mol. The number of aryl methyl sites for hydroxylation is 2. The van der Waals surface area contributed by atoms with Crippen LogP contribution in [-0.2, 0) is 16.8 Å². The number of rotatable bonds is 7. The summed E-state index contributed by atoms with van der Waals surface area (Å²) in [6.45, 7) is 7.37. The lowest BCUT2D eigenvalue weighted by Gasteiger charge is -2.31. The second-order valence-corrected chi connectivity index (χ2v) is 9.16. The van der Waals surface area contributed by atoms with E-state index in [2.05, 4.69) is 21.3 Å². The molecule has 3 heterocycles. The molecule has 0 saturated heterocycles. The Kier molecular flexibility index (Phi) is 6.93. The van der Waals surface area contributed by atoms with E-state index in [4.69, 9.17) is 9.72 Å². The zero-order valence-electron chi connectivity index (χ0n) is 20.2. The van der Waals surface area contributed by atoms with Crippen LogP contribution in [0.2, 0.25) is 0 Å². The van der Waals surface area contributed by atoms with Crippen molar-refractivity contribution in [2.24, 2.45) is 0 Å². The van der Waals surface area contributed by atoms with Gasteiger partial charge in [0.2, 0.25) is 0 Å². The number of aromatic nitrogens is 2. The number of halogens is 1. The fraction of sp³-hybridized carbons (Fsp3) is 0.370. The highest BCUT2D eigenvalue weighted by Gasteiger charge is 2.22. The minimum absolute atomic E-state index is 0.225. The van der Waals surface area contributed by atoms with E-state index >= 15 is 0 Å². The second kappa shape index (κ2) is 9.89. The number of ether oxygens (including phenoxy) is 1. The van der Waals surface area contributed by atoms with Gasteiger partial charge >= 0.3 is 0 Å².